The molecule has 22 nitrogen and oxygen atoms in total. The number of hydrogen-bond acceptors (Lipinski definition) is 12. The highest BCUT2D eigenvalue weighted by Crippen LogP contribution is 2.33. The molecule has 0 aromatic heterocycles. The fourth-order valence-corrected chi connectivity index (χ4v) is 8.03. The average molecular weight is 857 g/mol. The molecule has 13 N–H and O–H groups in total. The smallest absolute Gasteiger partial charge is 0.315 e. The quantitative estimate of drug-likeness (QED) is 0.0169. The van der Waals surface area contributed by atoms with E-state index < -0.39 is 97.3 Å². The molecule has 2 saturated heterocycles. The molecule has 0 saturated carbocycles. The number of urea groups is 1. The fraction of sp³-hybridized carbons (Fsp3) is 0.722. The highest BCUT2D eigenvalue weighted by atomic mass is 32.2. The van der Waals surface area contributed by atoms with Crippen molar-refractivity contribution in [2.24, 2.45) is 17.6 Å². The summed E-state index contributed by atoms with van der Waals surface area (Å²) in [5.74, 6) is -7.02. The first-order valence-electron chi connectivity index (χ1n) is 19.7. The first-order valence-corrected chi connectivity index (χ1v) is 20.8. The molecule has 0 spiro atoms. The Hall–Kier alpha value is -5.19. The van der Waals surface area contributed by atoms with Crippen LogP contribution < -0.4 is 53.7 Å². The van der Waals surface area contributed by atoms with Gasteiger partial charge in [0.1, 0.15) is 18.1 Å². The maximum atomic E-state index is 13.0. The van der Waals surface area contributed by atoms with Gasteiger partial charge >= 0.3 is 12.0 Å². The second-order valence-electron chi connectivity index (χ2n) is 15.0. The molecule has 7 atom stereocenters. The third kappa shape index (κ3) is 19.4. The number of hydroxylamine groups is 1. The Morgan fingerprint density at radius 2 is 1.47 bits per heavy atom. The lowest BCUT2D eigenvalue weighted by molar-refractivity contribution is -0.139. The van der Waals surface area contributed by atoms with Gasteiger partial charge in [0.25, 0.3) is 0 Å². The Labute approximate surface area is 346 Å². The molecule has 0 aromatic rings. The molecule has 332 valence electrons. The van der Waals surface area contributed by atoms with Crippen molar-refractivity contribution in [2.75, 3.05) is 25.4 Å². The second kappa shape index (κ2) is 26.0. The molecular weight excluding hydrogens is 797 g/mol. The molecule has 0 radical (unpaired) electrons. The first-order chi connectivity index (χ1) is 27.9. The number of nitrogens with two attached hydrogens (primary N) is 1. The van der Waals surface area contributed by atoms with Crippen LogP contribution in [0, 0.1) is 11.8 Å². The van der Waals surface area contributed by atoms with Crippen LogP contribution in [0.3, 0.4) is 0 Å². The van der Waals surface area contributed by atoms with Gasteiger partial charge in [0, 0.05) is 42.7 Å². The molecule has 0 bridgehead atoms. The molecule has 23 heteroatoms. The molecule has 2 heterocycles. The Morgan fingerprint density at radius 1 is 0.763 bits per heavy atom. The van der Waals surface area contributed by atoms with Crippen LogP contribution in [-0.2, 0) is 43.2 Å². The first kappa shape index (κ1) is 50.0. The summed E-state index contributed by atoms with van der Waals surface area (Å²) < 4.78 is 0. The normalized spacial score (nSPS) is 18.7. The Bertz CT molecular complexity index is 1520. The lowest BCUT2D eigenvalue weighted by Crippen LogP contribution is -2.54. The fourth-order valence-electron chi connectivity index (χ4n) is 6.48. The van der Waals surface area contributed by atoms with E-state index in [9.17, 15) is 47.9 Å². The van der Waals surface area contributed by atoms with E-state index in [1.165, 1.54) is 12.4 Å². The standard InChI is InChI=1S/C36H60N10O12S/c1-19(2)14-21(15-27(48)46-58)34(55)43-23(11-12-30(51)52)35(56)41-20(3)33(54)40-16-28(49)39-17-29(50)42-22(32(37)53)8-6-7-13-38-26(47)10-5-4-9-25-31-24(18-59-25)44-36(57)45-31/h19-25,31,58H,4-18H2,1-3H3,(H2,37,53)(H,38,47)(H,39,49)(H,40,54)(H,41,56)(H,42,50)(H,43,55)(H,46,48)(H,51,52)(H2,44,45,57)/t20-,21?,22-,23-,24-,25-,31-/m0/s1. The molecule has 2 aliphatic rings. The molecule has 2 rings (SSSR count). The topological polar surface area (TPSA) is 345 Å². The van der Waals surface area contributed by atoms with Crippen molar-refractivity contribution in [1.29, 1.82) is 0 Å². The minimum Gasteiger partial charge on any atom is -0.481 e. The van der Waals surface area contributed by atoms with Crippen molar-refractivity contribution >= 4 is 71.0 Å². The zero-order valence-electron chi connectivity index (χ0n) is 33.7. The van der Waals surface area contributed by atoms with Gasteiger partial charge in [-0.05, 0) is 57.8 Å². The number of rotatable bonds is 28. The molecule has 59 heavy (non-hydrogen) atoms. The largest absolute Gasteiger partial charge is 0.481 e. The minimum absolute atomic E-state index is 0.0466. The van der Waals surface area contributed by atoms with E-state index in [4.69, 9.17) is 16.0 Å². The maximum absolute atomic E-state index is 13.0. The Morgan fingerprint density at radius 3 is 2.14 bits per heavy atom. The average Bonchev–Trinajstić information content (AvgIpc) is 3.73. The van der Waals surface area contributed by atoms with Crippen molar-refractivity contribution in [3.05, 3.63) is 0 Å². The van der Waals surface area contributed by atoms with Crippen molar-refractivity contribution < 1.29 is 58.3 Å². The second-order valence-corrected chi connectivity index (χ2v) is 16.3. The monoisotopic (exact) mass is 856 g/mol. The van der Waals surface area contributed by atoms with Crippen LogP contribution in [0.1, 0.15) is 91.4 Å². The number of carboxylic acid groups (broad SMARTS) is 1. The molecule has 1 unspecified atom stereocenters. The number of carbonyl (C=O) groups excluding carboxylic acids is 9. The summed E-state index contributed by atoms with van der Waals surface area (Å²) in [6.45, 7) is 4.10. The van der Waals surface area contributed by atoms with E-state index in [1.807, 2.05) is 11.8 Å². The summed E-state index contributed by atoms with van der Waals surface area (Å²) in [5.41, 5.74) is 6.89. The van der Waals surface area contributed by atoms with Crippen LogP contribution >= 0.6 is 11.8 Å². The van der Waals surface area contributed by atoms with E-state index in [1.54, 1.807) is 13.8 Å². The predicted molar refractivity (Wildman–Crippen MR) is 212 cm³/mol. The minimum atomic E-state index is -1.40. The number of thioether (sulfide) groups is 1. The molecular formula is C36H60N10O12S. The maximum Gasteiger partial charge on any atom is 0.315 e. The van der Waals surface area contributed by atoms with E-state index in [0.717, 1.165) is 25.0 Å². The molecule has 2 aliphatic heterocycles. The SMILES string of the molecule is CC(C)CC(CC(=O)NO)C(=O)N[C@@H](CCC(=O)O)C(=O)N[C@@H](C)C(=O)NCC(=O)NCC(=O)N[C@@H](CCCCNC(=O)CCCC[C@@H]1SC[C@@H]2NC(=O)N[C@@H]21)C(N)=O. The van der Waals surface area contributed by atoms with Crippen molar-refractivity contribution in [3.8, 4) is 0 Å². The number of unbranched alkanes of at least 4 members (excludes halogenated alkanes) is 2. The number of nitrogens with one attached hydrogen (secondary N) is 9. The molecule has 10 amide bonds. The van der Waals surface area contributed by atoms with Crippen molar-refractivity contribution in [3.63, 3.8) is 0 Å². The predicted octanol–water partition coefficient (Wildman–Crippen LogP) is -2.39. The zero-order chi connectivity index (χ0) is 44.1. The van der Waals surface area contributed by atoms with Crippen LogP contribution in [-0.4, -0.2) is 130 Å². The number of hydrogen-bond donors (Lipinski definition) is 12. The number of primary amides is 1. The van der Waals surface area contributed by atoms with Gasteiger partial charge in [-0.3, -0.25) is 48.4 Å². The molecule has 0 aromatic carbocycles. The summed E-state index contributed by atoms with van der Waals surface area (Å²) >= 11 is 1.83. The molecule has 2 fully saturated rings. The Balaban J connectivity index is 1.68. The van der Waals surface area contributed by atoms with Crippen molar-refractivity contribution in [1.82, 2.24) is 48.0 Å². The molecule has 0 aliphatic carbocycles. The van der Waals surface area contributed by atoms with Crippen LogP contribution in [0.2, 0.25) is 0 Å². The van der Waals surface area contributed by atoms with Gasteiger partial charge in [0.05, 0.1) is 25.2 Å². The Kier molecular flexibility index (Phi) is 22.0. The number of carbonyl (C=O) groups is 10. The summed E-state index contributed by atoms with van der Waals surface area (Å²) in [6, 6.07) is -3.51. The van der Waals surface area contributed by atoms with Gasteiger partial charge in [-0.2, -0.15) is 11.8 Å². The van der Waals surface area contributed by atoms with Crippen molar-refractivity contribution in [2.45, 2.75) is 127 Å². The number of carboxylic acids is 1. The van der Waals surface area contributed by atoms with Crippen LogP contribution in [0.4, 0.5) is 4.79 Å². The van der Waals surface area contributed by atoms with E-state index >= 15 is 0 Å². The number of amides is 10. The zero-order valence-corrected chi connectivity index (χ0v) is 34.5. The van der Waals surface area contributed by atoms with Gasteiger partial charge < -0.3 is 53.4 Å². The van der Waals surface area contributed by atoms with Gasteiger partial charge in [-0.15, -0.1) is 0 Å². The third-order valence-corrected chi connectivity index (χ3v) is 11.1. The summed E-state index contributed by atoms with van der Waals surface area (Å²) in [6.07, 6.45) is 3.00. The van der Waals surface area contributed by atoms with Gasteiger partial charge in [-0.1, -0.05) is 20.3 Å². The highest BCUT2D eigenvalue weighted by molar-refractivity contribution is 8.00. The van der Waals surface area contributed by atoms with E-state index in [2.05, 4.69) is 42.5 Å². The number of aliphatic carboxylic acids is 1. The third-order valence-electron chi connectivity index (χ3n) is 9.59. The number of fused-ring (bicyclic) bond motifs is 1. The van der Waals surface area contributed by atoms with Crippen LogP contribution in [0.5, 0.6) is 0 Å². The van der Waals surface area contributed by atoms with E-state index in [-0.39, 0.29) is 49.2 Å². The summed E-state index contributed by atoms with van der Waals surface area (Å²) in [5, 5.41) is 38.8. The van der Waals surface area contributed by atoms with Crippen LogP contribution in [0.25, 0.3) is 0 Å². The van der Waals surface area contributed by atoms with Crippen LogP contribution in [0.15, 0.2) is 0 Å². The highest BCUT2D eigenvalue weighted by Gasteiger charge is 2.42. The van der Waals surface area contributed by atoms with E-state index in [0.29, 0.717) is 31.1 Å². The summed E-state index contributed by atoms with van der Waals surface area (Å²) in [4.78, 5) is 122. The lowest BCUT2D eigenvalue weighted by atomic mass is 9.92. The van der Waals surface area contributed by atoms with Gasteiger partial charge in [-0.25, -0.2) is 10.3 Å². The lowest BCUT2D eigenvalue weighted by Gasteiger charge is -2.24. The van der Waals surface area contributed by atoms with Gasteiger partial charge in [0.2, 0.25) is 47.3 Å². The summed E-state index contributed by atoms with van der Waals surface area (Å²) in [7, 11) is 0. The van der Waals surface area contributed by atoms with Gasteiger partial charge in [0.15, 0.2) is 0 Å².